The number of hydrogen-bond acceptors (Lipinski definition) is 4. The van der Waals surface area contributed by atoms with E-state index in [1.54, 1.807) is 6.20 Å². The first-order valence-electron chi connectivity index (χ1n) is 6.52. The maximum Gasteiger partial charge on any atom is 0.0572 e. The number of rotatable bonds is 5. The van der Waals surface area contributed by atoms with Gasteiger partial charge in [0.15, 0.2) is 0 Å². The first kappa shape index (κ1) is 13.5. The van der Waals surface area contributed by atoms with Gasteiger partial charge < -0.3 is 10.6 Å². The molecule has 0 aliphatic heterocycles. The van der Waals surface area contributed by atoms with Gasteiger partial charge in [-0.05, 0) is 30.2 Å². The number of anilines is 1. The summed E-state index contributed by atoms with van der Waals surface area (Å²) in [6, 6.07) is 8.11. The molecule has 0 saturated carbocycles. The van der Waals surface area contributed by atoms with Crippen molar-refractivity contribution in [3.63, 3.8) is 0 Å². The standard InChI is InChI=1S/C15H20N4/c1-3-14(16)15-7-6-13(10-18-15)19(2)11-12-5-4-8-17-9-12/h4-10,14H,3,11,16H2,1-2H3/t14-/m0/s1. The summed E-state index contributed by atoms with van der Waals surface area (Å²) in [6.45, 7) is 2.88. The van der Waals surface area contributed by atoms with E-state index in [2.05, 4.69) is 33.9 Å². The summed E-state index contributed by atoms with van der Waals surface area (Å²) in [6.07, 6.45) is 6.44. The molecule has 0 fully saturated rings. The Kier molecular flexibility index (Phi) is 4.47. The summed E-state index contributed by atoms with van der Waals surface area (Å²) >= 11 is 0. The number of nitrogens with zero attached hydrogens (tertiary/aromatic N) is 3. The van der Waals surface area contributed by atoms with Crippen LogP contribution in [0.2, 0.25) is 0 Å². The van der Waals surface area contributed by atoms with Gasteiger partial charge >= 0.3 is 0 Å². The quantitative estimate of drug-likeness (QED) is 0.893. The number of pyridine rings is 2. The van der Waals surface area contributed by atoms with Crippen molar-refractivity contribution in [2.45, 2.75) is 25.9 Å². The summed E-state index contributed by atoms with van der Waals surface area (Å²) < 4.78 is 0. The highest BCUT2D eigenvalue weighted by atomic mass is 15.1. The molecule has 2 aromatic heterocycles. The van der Waals surface area contributed by atoms with Crippen LogP contribution in [0.3, 0.4) is 0 Å². The van der Waals surface area contributed by atoms with Crippen LogP contribution in [-0.4, -0.2) is 17.0 Å². The fourth-order valence-electron chi connectivity index (χ4n) is 1.91. The van der Waals surface area contributed by atoms with Gasteiger partial charge in [-0.1, -0.05) is 13.0 Å². The summed E-state index contributed by atoms with van der Waals surface area (Å²) in [5.74, 6) is 0. The normalized spacial score (nSPS) is 12.2. The van der Waals surface area contributed by atoms with Crippen LogP contribution < -0.4 is 10.6 Å². The molecule has 0 amide bonds. The maximum absolute atomic E-state index is 5.96. The highest BCUT2D eigenvalue weighted by Gasteiger charge is 2.06. The van der Waals surface area contributed by atoms with Crippen LogP contribution in [0.15, 0.2) is 42.9 Å². The van der Waals surface area contributed by atoms with E-state index >= 15 is 0 Å². The average molecular weight is 256 g/mol. The summed E-state index contributed by atoms with van der Waals surface area (Å²) in [5, 5.41) is 0. The van der Waals surface area contributed by atoms with Gasteiger partial charge in [-0.2, -0.15) is 0 Å². The number of hydrogen-bond donors (Lipinski definition) is 1. The summed E-state index contributed by atoms with van der Waals surface area (Å²) in [4.78, 5) is 10.7. The molecule has 0 aliphatic carbocycles. The Hall–Kier alpha value is -1.94. The molecule has 100 valence electrons. The van der Waals surface area contributed by atoms with Crippen molar-refractivity contribution in [2.75, 3.05) is 11.9 Å². The monoisotopic (exact) mass is 256 g/mol. The number of aromatic nitrogens is 2. The van der Waals surface area contributed by atoms with Crippen molar-refractivity contribution in [1.82, 2.24) is 9.97 Å². The molecule has 4 nitrogen and oxygen atoms in total. The van der Waals surface area contributed by atoms with E-state index in [0.717, 1.165) is 24.3 Å². The molecule has 2 rings (SSSR count). The number of nitrogens with two attached hydrogens (primary N) is 1. The predicted octanol–water partition coefficient (Wildman–Crippen LogP) is 2.52. The molecule has 2 N–H and O–H groups in total. The Labute approximate surface area is 114 Å². The van der Waals surface area contributed by atoms with Gasteiger partial charge in [-0.15, -0.1) is 0 Å². The molecule has 19 heavy (non-hydrogen) atoms. The lowest BCUT2D eigenvalue weighted by molar-refractivity contribution is 0.675. The van der Waals surface area contributed by atoms with Gasteiger partial charge in [-0.3, -0.25) is 9.97 Å². The highest BCUT2D eigenvalue weighted by Crippen LogP contribution is 2.17. The summed E-state index contributed by atoms with van der Waals surface area (Å²) in [7, 11) is 2.05. The maximum atomic E-state index is 5.96. The van der Waals surface area contributed by atoms with E-state index in [0.29, 0.717) is 0 Å². The topological polar surface area (TPSA) is 55.0 Å². The molecule has 4 heteroatoms. The van der Waals surface area contributed by atoms with Crippen LogP contribution in [-0.2, 0) is 6.54 Å². The lowest BCUT2D eigenvalue weighted by atomic mass is 10.1. The van der Waals surface area contributed by atoms with Crippen molar-refractivity contribution >= 4 is 5.69 Å². The molecule has 1 atom stereocenters. The van der Waals surface area contributed by atoms with Gasteiger partial charge in [0.05, 0.1) is 17.6 Å². The molecule has 0 spiro atoms. The smallest absolute Gasteiger partial charge is 0.0572 e. The Morgan fingerprint density at radius 1 is 1.26 bits per heavy atom. The largest absolute Gasteiger partial charge is 0.369 e. The zero-order chi connectivity index (χ0) is 13.7. The Morgan fingerprint density at radius 3 is 2.68 bits per heavy atom. The second kappa shape index (κ2) is 6.29. The first-order valence-corrected chi connectivity index (χ1v) is 6.52. The molecule has 0 aliphatic rings. The van der Waals surface area contributed by atoms with Gasteiger partial charge in [0.25, 0.3) is 0 Å². The molecule has 0 bridgehead atoms. The second-order valence-electron chi connectivity index (χ2n) is 4.67. The van der Waals surface area contributed by atoms with Crippen molar-refractivity contribution in [3.05, 3.63) is 54.1 Å². The van der Waals surface area contributed by atoms with Gasteiger partial charge in [0.2, 0.25) is 0 Å². The Morgan fingerprint density at radius 2 is 2.11 bits per heavy atom. The van der Waals surface area contributed by atoms with Gasteiger partial charge in [0, 0.05) is 32.0 Å². The average Bonchev–Trinajstić information content (AvgIpc) is 2.47. The minimum atomic E-state index is 0.0256. The zero-order valence-corrected chi connectivity index (χ0v) is 11.5. The minimum absolute atomic E-state index is 0.0256. The zero-order valence-electron chi connectivity index (χ0n) is 11.5. The van der Waals surface area contributed by atoms with Crippen molar-refractivity contribution in [1.29, 1.82) is 0 Å². The van der Waals surface area contributed by atoms with Gasteiger partial charge in [0.1, 0.15) is 0 Å². The van der Waals surface area contributed by atoms with E-state index in [1.165, 1.54) is 5.56 Å². The van der Waals surface area contributed by atoms with E-state index in [-0.39, 0.29) is 6.04 Å². The third kappa shape index (κ3) is 3.51. The lowest BCUT2D eigenvalue weighted by Crippen LogP contribution is -2.17. The lowest BCUT2D eigenvalue weighted by Gasteiger charge is -2.19. The molecule has 2 aromatic rings. The molecule has 0 radical (unpaired) electrons. The molecule has 0 aromatic carbocycles. The van der Waals surface area contributed by atoms with Crippen LogP contribution in [0.1, 0.15) is 30.6 Å². The molecule has 0 saturated heterocycles. The minimum Gasteiger partial charge on any atom is -0.369 e. The fourth-order valence-corrected chi connectivity index (χ4v) is 1.91. The van der Waals surface area contributed by atoms with E-state index in [1.807, 2.05) is 31.6 Å². The highest BCUT2D eigenvalue weighted by molar-refractivity contribution is 5.44. The molecule has 2 heterocycles. The third-order valence-corrected chi connectivity index (χ3v) is 3.17. The third-order valence-electron chi connectivity index (χ3n) is 3.17. The van der Waals surface area contributed by atoms with Crippen molar-refractivity contribution in [3.8, 4) is 0 Å². The molecular formula is C15H20N4. The van der Waals surface area contributed by atoms with E-state index in [9.17, 15) is 0 Å². The van der Waals surface area contributed by atoms with Gasteiger partial charge in [-0.25, -0.2) is 0 Å². The van der Waals surface area contributed by atoms with Crippen LogP contribution in [0, 0.1) is 0 Å². The van der Waals surface area contributed by atoms with E-state index < -0.39 is 0 Å². The van der Waals surface area contributed by atoms with Crippen molar-refractivity contribution in [2.24, 2.45) is 5.73 Å². The predicted molar refractivity (Wildman–Crippen MR) is 77.8 cm³/mol. The molecule has 0 unspecified atom stereocenters. The van der Waals surface area contributed by atoms with Crippen LogP contribution in [0.5, 0.6) is 0 Å². The Bertz CT molecular complexity index is 495. The van der Waals surface area contributed by atoms with E-state index in [4.69, 9.17) is 5.73 Å². The van der Waals surface area contributed by atoms with Crippen LogP contribution in [0.25, 0.3) is 0 Å². The SMILES string of the molecule is CC[C@H](N)c1ccc(N(C)Cc2cccnc2)cn1. The fraction of sp³-hybridized carbons (Fsp3) is 0.333. The molecular weight excluding hydrogens is 236 g/mol. The first-order chi connectivity index (χ1) is 9.20. The van der Waals surface area contributed by atoms with Crippen LogP contribution in [0.4, 0.5) is 5.69 Å². The Balaban J connectivity index is 2.05. The summed E-state index contributed by atoms with van der Waals surface area (Å²) in [5.41, 5.74) is 9.16. The van der Waals surface area contributed by atoms with Crippen molar-refractivity contribution < 1.29 is 0 Å². The second-order valence-corrected chi connectivity index (χ2v) is 4.67. The van der Waals surface area contributed by atoms with Crippen LogP contribution >= 0.6 is 0 Å².